The summed E-state index contributed by atoms with van der Waals surface area (Å²) in [6, 6.07) is 26.1. The van der Waals surface area contributed by atoms with Crippen molar-refractivity contribution in [1.82, 2.24) is 4.90 Å². The molecule has 0 radical (unpaired) electrons. The molecule has 0 saturated carbocycles. The molecule has 4 rings (SSSR count). The van der Waals surface area contributed by atoms with Gasteiger partial charge in [0, 0.05) is 23.2 Å². The van der Waals surface area contributed by atoms with Crippen LogP contribution in [0, 0.1) is 0 Å². The van der Waals surface area contributed by atoms with E-state index in [1.165, 1.54) is 0 Å². The lowest BCUT2D eigenvalue weighted by atomic mass is 10.0. The largest absolute Gasteiger partial charge is 0.318 e. The van der Waals surface area contributed by atoms with Crippen LogP contribution in [-0.2, 0) is 11.3 Å². The summed E-state index contributed by atoms with van der Waals surface area (Å²) in [7, 11) is 0. The molecule has 1 aliphatic rings. The minimum atomic E-state index is -0.659. The molecule has 2 amide bonds. The Morgan fingerprint density at radius 3 is 2.07 bits per heavy atom. The van der Waals surface area contributed by atoms with Gasteiger partial charge in [0.15, 0.2) is 0 Å². The van der Waals surface area contributed by atoms with Gasteiger partial charge in [-0.2, -0.15) is 0 Å². The molecule has 3 aromatic carbocycles. The van der Waals surface area contributed by atoms with Crippen LogP contribution in [0.1, 0.15) is 48.3 Å². The highest BCUT2D eigenvalue weighted by Crippen LogP contribution is 2.43. The molecule has 1 heterocycles. The van der Waals surface area contributed by atoms with Gasteiger partial charge in [0.05, 0.1) is 5.69 Å². The van der Waals surface area contributed by atoms with E-state index in [0.29, 0.717) is 12.1 Å². The molecule has 1 unspecified atom stereocenters. The third kappa shape index (κ3) is 3.61. The quantitative estimate of drug-likeness (QED) is 0.605. The lowest BCUT2D eigenvalue weighted by molar-refractivity contribution is -0.123. The van der Waals surface area contributed by atoms with Crippen molar-refractivity contribution in [3.05, 3.63) is 102 Å². The Morgan fingerprint density at radius 1 is 0.867 bits per heavy atom. The molecule has 0 spiro atoms. The number of benzene rings is 3. The lowest BCUT2D eigenvalue weighted by Gasteiger charge is -2.34. The van der Waals surface area contributed by atoms with Gasteiger partial charge < -0.3 is 9.80 Å². The van der Waals surface area contributed by atoms with E-state index >= 15 is 0 Å². The molecular weight excluding hydrogens is 372 g/mol. The number of fused-ring (bicyclic) bond motifs is 1. The van der Waals surface area contributed by atoms with E-state index in [2.05, 4.69) is 0 Å². The number of para-hydroxylation sites is 1. The number of hydrogen-bond acceptors (Lipinski definition) is 2. The molecule has 0 aromatic heterocycles. The van der Waals surface area contributed by atoms with Crippen molar-refractivity contribution < 1.29 is 9.59 Å². The molecule has 0 bridgehead atoms. The SMILES string of the molecule is CC(C)(C)N1C(=O)C(N(Cc2ccccc2)C(=O)c2ccccc2)c2ccccc21. The first-order valence-corrected chi connectivity index (χ1v) is 10.2. The van der Waals surface area contributed by atoms with Crippen molar-refractivity contribution in [3.8, 4) is 0 Å². The Balaban J connectivity index is 1.82. The number of anilines is 1. The fraction of sp³-hybridized carbons (Fsp3) is 0.231. The van der Waals surface area contributed by atoms with Crippen LogP contribution in [-0.4, -0.2) is 22.3 Å². The summed E-state index contributed by atoms with van der Waals surface area (Å²) in [5, 5.41) is 0. The summed E-state index contributed by atoms with van der Waals surface area (Å²) in [6.07, 6.45) is 0. The second-order valence-corrected chi connectivity index (χ2v) is 8.59. The first-order chi connectivity index (χ1) is 14.4. The Hall–Kier alpha value is -3.40. The number of hydrogen-bond donors (Lipinski definition) is 0. The van der Waals surface area contributed by atoms with Crippen molar-refractivity contribution >= 4 is 17.5 Å². The molecule has 0 N–H and O–H groups in total. The molecule has 4 nitrogen and oxygen atoms in total. The molecule has 0 saturated heterocycles. The van der Waals surface area contributed by atoms with Crippen LogP contribution in [0.2, 0.25) is 0 Å². The van der Waals surface area contributed by atoms with Gasteiger partial charge in [-0.05, 0) is 44.5 Å². The monoisotopic (exact) mass is 398 g/mol. The highest BCUT2D eigenvalue weighted by molar-refractivity contribution is 6.08. The summed E-state index contributed by atoms with van der Waals surface area (Å²) in [5.74, 6) is -0.215. The second-order valence-electron chi connectivity index (χ2n) is 8.59. The molecule has 0 fully saturated rings. The molecule has 4 heteroatoms. The first-order valence-electron chi connectivity index (χ1n) is 10.2. The van der Waals surface area contributed by atoms with E-state index in [9.17, 15) is 9.59 Å². The van der Waals surface area contributed by atoms with Crippen LogP contribution in [0.15, 0.2) is 84.9 Å². The molecule has 30 heavy (non-hydrogen) atoms. The van der Waals surface area contributed by atoms with Gasteiger partial charge >= 0.3 is 0 Å². The topological polar surface area (TPSA) is 40.6 Å². The molecule has 0 aliphatic carbocycles. The number of carbonyl (C=O) groups is 2. The van der Waals surface area contributed by atoms with Crippen molar-refractivity contribution in [2.75, 3.05) is 4.90 Å². The Bertz CT molecular complexity index is 1060. The van der Waals surface area contributed by atoms with Crippen LogP contribution >= 0.6 is 0 Å². The molecule has 1 aliphatic heterocycles. The molecular formula is C26H26N2O2. The van der Waals surface area contributed by atoms with E-state index in [1.807, 2.05) is 98.5 Å². The maximum atomic E-state index is 13.7. The van der Waals surface area contributed by atoms with Crippen LogP contribution in [0.3, 0.4) is 0 Å². The van der Waals surface area contributed by atoms with Crippen molar-refractivity contribution in [3.63, 3.8) is 0 Å². The maximum Gasteiger partial charge on any atom is 0.255 e. The number of rotatable bonds is 4. The summed E-state index contributed by atoms with van der Waals surface area (Å²) < 4.78 is 0. The summed E-state index contributed by atoms with van der Waals surface area (Å²) >= 11 is 0. The fourth-order valence-corrected chi connectivity index (χ4v) is 4.10. The highest BCUT2D eigenvalue weighted by Gasteiger charge is 2.46. The average molecular weight is 399 g/mol. The zero-order valence-corrected chi connectivity index (χ0v) is 17.6. The van der Waals surface area contributed by atoms with Crippen molar-refractivity contribution in [1.29, 1.82) is 0 Å². The second kappa shape index (κ2) is 7.79. The van der Waals surface area contributed by atoms with Gasteiger partial charge in [-0.15, -0.1) is 0 Å². The predicted molar refractivity (Wildman–Crippen MR) is 119 cm³/mol. The number of nitrogens with zero attached hydrogens (tertiary/aromatic N) is 2. The minimum Gasteiger partial charge on any atom is -0.318 e. The average Bonchev–Trinajstić information content (AvgIpc) is 3.05. The molecule has 3 aromatic rings. The first kappa shape index (κ1) is 19.9. The van der Waals surface area contributed by atoms with E-state index < -0.39 is 11.6 Å². The van der Waals surface area contributed by atoms with E-state index in [1.54, 1.807) is 17.0 Å². The summed E-state index contributed by atoms with van der Waals surface area (Å²) in [4.78, 5) is 30.8. The maximum absolute atomic E-state index is 13.7. The zero-order valence-electron chi connectivity index (χ0n) is 17.6. The normalized spacial score (nSPS) is 15.8. The Morgan fingerprint density at radius 2 is 1.43 bits per heavy atom. The van der Waals surface area contributed by atoms with Gasteiger partial charge in [0.25, 0.3) is 11.8 Å². The summed E-state index contributed by atoms with van der Waals surface area (Å²) in [5.41, 5.74) is 2.92. The van der Waals surface area contributed by atoms with E-state index in [4.69, 9.17) is 0 Å². The lowest BCUT2D eigenvalue weighted by Crippen LogP contribution is -2.47. The van der Waals surface area contributed by atoms with Crippen LogP contribution in [0.25, 0.3) is 0 Å². The zero-order chi connectivity index (χ0) is 21.3. The van der Waals surface area contributed by atoms with Crippen LogP contribution < -0.4 is 4.90 Å². The third-order valence-electron chi connectivity index (χ3n) is 5.39. The van der Waals surface area contributed by atoms with Gasteiger partial charge in [-0.1, -0.05) is 66.7 Å². The third-order valence-corrected chi connectivity index (χ3v) is 5.39. The van der Waals surface area contributed by atoms with Crippen LogP contribution in [0.5, 0.6) is 0 Å². The summed E-state index contributed by atoms with van der Waals surface area (Å²) in [6.45, 7) is 6.41. The minimum absolute atomic E-state index is 0.0658. The van der Waals surface area contributed by atoms with Gasteiger partial charge in [-0.25, -0.2) is 0 Å². The Kier molecular flexibility index (Phi) is 5.17. The fourth-order valence-electron chi connectivity index (χ4n) is 4.10. The van der Waals surface area contributed by atoms with Crippen molar-refractivity contribution in [2.24, 2.45) is 0 Å². The smallest absolute Gasteiger partial charge is 0.255 e. The van der Waals surface area contributed by atoms with Gasteiger partial charge in [-0.3, -0.25) is 9.59 Å². The van der Waals surface area contributed by atoms with E-state index in [0.717, 1.165) is 16.8 Å². The number of carbonyl (C=O) groups excluding carboxylic acids is 2. The number of amides is 2. The standard InChI is InChI=1S/C26H26N2O2/c1-26(2,3)28-22-17-11-10-16-21(22)23(25(28)30)27(18-19-12-6-4-7-13-19)24(29)20-14-8-5-9-15-20/h4-17,23H,18H2,1-3H3. The Labute approximate surface area is 177 Å². The van der Waals surface area contributed by atoms with Crippen molar-refractivity contribution in [2.45, 2.75) is 38.9 Å². The predicted octanol–water partition coefficient (Wildman–Crippen LogP) is 5.22. The highest BCUT2D eigenvalue weighted by atomic mass is 16.2. The van der Waals surface area contributed by atoms with E-state index in [-0.39, 0.29) is 11.8 Å². The molecule has 1 atom stereocenters. The van der Waals surface area contributed by atoms with Gasteiger partial charge in [0.1, 0.15) is 6.04 Å². The molecule has 152 valence electrons. The van der Waals surface area contributed by atoms with Crippen LogP contribution in [0.4, 0.5) is 5.69 Å². The van der Waals surface area contributed by atoms with Gasteiger partial charge in [0.2, 0.25) is 0 Å².